The summed E-state index contributed by atoms with van der Waals surface area (Å²) in [5.41, 5.74) is 5.63. The van der Waals surface area contributed by atoms with Crippen molar-refractivity contribution in [3.8, 4) is 5.75 Å². The van der Waals surface area contributed by atoms with Crippen molar-refractivity contribution in [1.29, 1.82) is 0 Å². The molecule has 0 aliphatic heterocycles. The molecule has 1 aromatic heterocycles. The van der Waals surface area contributed by atoms with Crippen molar-refractivity contribution in [3.05, 3.63) is 6.33 Å². The molecule has 100 valence electrons. The minimum atomic E-state index is -0.0153. The van der Waals surface area contributed by atoms with Gasteiger partial charge in [0.1, 0.15) is 6.33 Å². The monoisotopic (exact) mass is 253 g/mol. The van der Waals surface area contributed by atoms with Crippen molar-refractivity contribution in [2.45, 2.75) is 26.3 Å². The maximum atomic E-state index is 11.4. The van der Waals surface area contributed by atoms with Crippen LogP contribution in [0.15, 0.2) is 6.33 Å². The molecule has 0 fully saturated rings. The van der Waals surface area contributed by atoms with E-state index in [0.717, 1.165) is 0 Å². The number of amides is 1. The molecule has 0 aliphatic carbocycles. The highest BCUT2D eigenvalue weighted by Gasteiger charge is 2.09. The number of anilines is 2. The maximum Gasteiger partial charge on any atom is 0.221 e. The number of aromatic nitrogens is 2. The van der Waals surface area contributed by atoms with Crippen LogP contribution >= 0.6 is 0 Å². The van der Waals surface area contributed by atoms with E-state index in [0.29, 0.717) is 24.5 Å². The molecule has 0 radical (unpaired) electrons. The largest absolute Gasteiger partial charge is 0.490 e. The molecular formula is C11H19N5O2. The van der Waals surface area contributed by atoms with Crippen LogP contribution in [-0.2, 0) is 4.79 Å². The Morgan fingerprint density at radius 1 is 1.50 bits per heavy atom. The molecule has 1 rings (SSSR count). The first-order valence-corrected chi connectivity index (χ1v) is 5.72. The Morgan fingerprint density at radius 3 is 2.83 bits per heavy atom. The fourth-order valence-electron chi connectivity index (χ4n) is 1.40. The molecule has 1 heterocycles. The fraction of sp³-hybridized carbons (Fsp3) is 0.545. The van der Waals surface area contributed by atoms with Gasteiger partial charge < -0.3 is 21.1 Å². The molecule has 7 nitrogen and oxygen atoms in total. The van der Waals surface area contributed by atoms with E-state index < -0.39 is 0 Å². The third kappa shape index (κ3) is 4.08. The third-order valence-corrected chi connectivity index (χ3v) is 2.13. The molecule has 0 atom stereocenters. The summed E-state index contributed by atoms with van der Waals surface area (Å²) in [5.74, 6) is 1.13. The van der Waals surface area contributed by atoms with Crippen LogP contribution < -0.4 is 21.1 Å². The first-order chi connectivity index (χ1) is 8.54. The van der Waals surface area contributed by atoms with E-state index in [-0.39, 0.29) is 17.8 Å². The van der Waals surface area contributed by atoms with Crippen molar-refractivity contribution in [2.24, 2.45) is 0 Å². The lowest BCUT2D eigenvalue weighted by Crippen LogP contribution is -2.31. The van der Waals surface area contributed by atoms with Crippen LogP contribution in [0.3, 0.4) is 0 Å². The summed E-state index contributed by atoms with van der Waals surface area (Å²) < 4.78 is 5.09. The normalized spacial score (nSPS) is 10.2. The van der Waals surface area contributed by atoms with E-state index >= 15 is 0 Å². The van der Waals surface area contributed by atoms with E-state index in [1.807, 2.05) is 13.8 Å². The lowest BCUT2D eigenvalue weighted by atomic mass is 10.3. The van der Waals surface area contributed by atoms with E-state index in [2.05, 4.69) is 20.6 Å². The molecule has 0 aromatic carbocycles. The molecule has 4 N–H and O–H groups in total. The number of hydrogen-bond acceptors (Lipinski definition) is 6. The third-order valence-electron chi connectivity index (χ3n) is 2.13. The van der Waals surface area contributed by atoms with Gasteiger partial charge in [-0.3, -0.25) is 4.79 Å². The number of carbonyl (C=O) groups excluding carboxylic acids is 1. The number of rotatable bonds is 6. The van der Waals surface area contributed by atoms with Gasteiger partial charge in [0.2, 0.25) is 11.7 Å². The first-order valence-electron chi connectivity index (χ1n) is 5.72. The van der Waals surface area contributed by atoms with Crippen LogP contribution in [-0.4, -0.2) is 35.6 Å². The van der Waals surface area contributed by atoms with Gasteiger partial charge in [0, 0.05) is 19.0 Å². The summed E-state index contributed by atoms with van der Waals surface area (Å²) in [6.07, 6.45) is 1.69. The summed E-state index contributed by atoms with van der Waals surface area (Å²) in [4.78, 5) is 19.3. The minimum absolute atomic E-state index is 0.0153. The molecule has 0 saturated heterocycles. The van der Waals surface area contributed by atoms with E-state index in [1.54, 1.807) is 0 Å². The van der Waals surface area contributed by atoms with E-state index in [4.69, 9.17) is 10.5 Å². The minimum Gasteiger partial charge on any atom is -0.490 e. The number of nitrogens with zero attached hydrogens (tertiary/aromatic N) is 2. The highest BCUT2D eigenvalue weighted by atomic mass is 16.5. The van der Waals surface area contributed by atoms with Gasteiger partial charge in [-0.15, -0.1) is 0 Å². The van der Waals surface area contributed by atoms with Crippen LogP contribution in [0.4, 0.5) is 11.6 Å². The van der Waals surface area contributed by atoms with Crippen LogP contribution in [0.5, 0.6) is 5.75 Å². The zero-order valence-electron chi connectivity index (χ0n) is 10.9. The Kier molecular flexibility index (Phi) is 5.16. The number of hydrogen-bond donors (Lipinski definition) is 3. The van der Waals surface area contributed by atoms with Gasteiger partial charge in [-0.1, -0.05) is 0 Å². The maximum absolute atomic E-state index is 11.4. The first kappa shape index (κ1) is 14.0. The SMILES string of the molecule is COc1c(N)ncnc1NCCC(=O)NC(C)C. The number of nitrogens with one attached hydrogen (secondary N) is 2. The van der Waals surface area contributed by atoms with Crippen molar-refractivity contribution < 1.29 is 9.53 Å². The van der Waals surface area contributed by atoms with E-state index in [9.17, 15) is 4.79 Å². The van der Waals surface area contributed by atoms with Gasteiger partial charge in [-0.25, -0.2) is 9.97 Å². The Labute approximate surface area is 106 Å². The lowest BCUT2D eigenvalue weighted by Gasteiger charge is -2.11. The molecule has 0 saturated carbocycles. The van der Waals surface area contributed by atoms with Crippen LogP contribution in [0.2, 0.25) is 0 Å². The van der Waals surface area contributed by atoms with Crippen molar-refractivity contribution >= 4 is 17.5 Å². The smallest absolute Gasteiger partial charge is 0.221 e. The standard InChI is InChI=1S/C11H19N5O2/c1-7(2)16-8(17)4-5-13-11-9(18-3)10(12)14-6-15-11/h6-7H,4-5H2,1-3H3,(H,16,17)(H3,12,13,14,15). The van der Waals surface area contributed by atoms with Crippen LogP contribution in [0.25, 0.3) is 0 Å². The Balaban J connectivity index is 2.49. The molecule has 0 spiro atoms. The molecular weight excluding hydrogens is 234 g/mol. The summed E-state index contributed by atoms with van der Waals surface area (Å²) in [6.45, 7) is 4.28. The molecule has 1 amide bonds. The Morgan fingerprint density at radius 2 is 2.22 bits per heavy atom. The van der Waals surface area contributed by atoms with Gasteiger partial charge in [0.05, 0.1) is 7.11 Å². The van der Waals surface area contributed by atoms with Gasteiger partial charge in [0.25, 0.3) is 0 Å². The zero-order valence-corrected chi connectivity index (χ0v) is 10.9. The molecule has 0 unspecified atom stereocenters. The number of methoxy groups -OCH3 is 1. The molecule has 1 aromatic rings. The van der Waals surface area contributed by atoms with Crippen LogP contribution in [0.1, 0.15) is 20.3 Å². The second-order valence-corrected chi connectivity index (χ2v) is 4.04. The van der Waals surface area contributed by atoms with Gasteiger partial charge >= 0.3 is 0 Å². The highest BCUT2D eigenvalue weighted by molar-refractivity contribution is 5.76. The predicted molar refractivity (Wildman–Crippen MR) is 69.4 cm³/mol. The second-order valence-electron chi connectivity index (χ2n) is 4.04. The summed E-state index contributed by atoms with van der Waals surface area (Å²) >= 11 is 0. The summed E-state index contributed by atoms with van der Waals surface area (Å²) in [7, 11) is 1.49. The Hall–Kier alpha value is -2.05. The molecule has 18 heavy (non-hydrogen) atoms. The molecule has 0 bridgehead atoms. The van der Waals surface area contributed by atoms with Crippen molar-refractivity contribution in [2.75, 3.05) is 24.7 Å². The summed E-state index contributed by atoms with van der Waals surface area (Å²) in [5, 5.41) is 5.79. The Bertz CT molecular complexity index is 408. The average molecular weight is 253 g/mol. The van der Waals surface area contributed by atoms with Gasteiger partial charge in [-0.2, -0.15) is 0 Å². The summed E-state index contributed by atoms with van der Waals surface area (Å²) in [6, 6.07) is 0.140. The number of nitrogen functional groups attached to an aromatic ring is 1. The lowest BCUT2D eigenvalue weighted by molar-refractivity contribution is -0.121. The number of nitrogens with two attached hydrogens (primary N) is 1. The van der Waals surface area contributed by atoms with Crippen molar-refractivity contribution in [1.82, 2.24) is 15.3 Å². The topological polar surface area (TPSA) is 102 Å². The number of ether oxygens (including phenoxy) is 1. The molecule has 0 aliphatic rings. The van der Waals surface area contributed by atoms with Crippen LogP contribution in [0, 0.1) is 0 Å². The highest BCUT2D eigenvalue weighted by Crippen LogP contribution is 2.25. The quantitative estimate of drug-likeness (QED) is 0.678. The predicted octanol–water partition coefficient (Wildman–Crippen LogP) is 0.394. The zero-order chi connectivity index (χ0) is 13.5. The number of carbonyl (C=O) groups is 1. The fourth-order valence-corrected chi connectivity index (χ4v) is 1.40. The molecule has 7 heteroatoms. The van der Waals surface area contributed by atoms with Gasteiger partial charge in [0.15, 0.2) is 11.6 Å². The van der Waals surface area contributed by atoms with Crippen molar-refractivity contribution in [3.63, 3.8) is 0 Å². The second kappa shape index (κ2) is 6.63. The van der Waals surface area contributed by atoms with E-state index in [1.165, 1.54) is 13.4 Å². The average Bonchev–Trinajstić information content (AvgIpc) is 2.28. The van der Waals surface area contributed by atoms with Gasteiger partial charge in [-0.05, 0) is 13.8 Å².